The Balaban J connectivity index is 1.47. The molecule has 1 fully saturated rings. The first-order valence-corrected chi connectivity index (χ1v) is 10.7. The molecule has 0 saturated carbocycles. The number of likely N-dealkylation sites (N-methyl/N-ethyl adjacent to an activating group) is 1. The number of rotatable bonds is 3. The molecule has 0 aliphatic carbocycles. The summed E-state index contributed by atoms with van der Waals surface area (Å²) in [6, 6.07) is 6.54. The molecular weight excluding hydrogens is 420 g/mol. The van der Waals surface area contributed by atoms with Crippen molar-refractivity contribution >= 4 is 23.5 Å². The summed E-state index contributed by atoms with van der Waals surface area (Å²) in [5.74, 6) is 0.831. The molecule has 0 unspecified atom stereocenters. The van der Waals surface area contributed by atoms with Gasteiger partial charge >= 0.3 is 0 Å². The number of carbonyl (C=O) groups is 1. The van der Waals surface area contributed by atoms with E-state index < -0.39 is 0 Å². The Bertz CT molecular complexity index is 1080. The quantitative estimate of drug-likeness (QED) is 0.721. The van der Waals surface area contributed by atoms with E-state index >= 15 is 0 Å². The van der Waals surface area contributed by atoms with Gasteiger partial charge in [0.1, 0.15) is 18.0 Å². The maximum absolute atomic E-state index is 13.0. The summed E-state index contributed by atoms with van der Waals surface area (Å²) in [5.41, 5.74) is 2.45. The van der Waals surface area contributed by atoms with Crippen LogP contribution in [0.25, 0.3) is 6.08 Å². The van der Waals surface area contributed by atoms with Gasteiger partial charge in [-0.25, -0.2) is 0 Å². The van der Waals surface area contributed by atoms with Gasteiger partial charge in [-0.15, -0.1) is 0 Å². The average Bonchev–Trinajstić information content (AvgIpc) is 3.07. The van der Waals surface area contributed by atoms with Crippen LogP contribution in [-0.4, -0.2) is 50.7 Å². The molecule has 7 nitrogen and oxygen atoms in total. The molecule has 162 valence electrons. The zero-order valence-corrected chi connectivity index (χ0v) is 18.0. The molecule has 0 spiro atoms. The number of allylic oxidation sites excluding steroid dienone is 1. The minimum atomic E-state index is -0.245. The number of carbonyl (C=O) groups excluding carboxylic acids is 1. The van der Waals surface area contributed by atoms with Gasteiger partial charge in [-0.05, 0) is 31.3 Å². The predicted molar refractivity (Wildman–Crippen MR) is 112 cm³/mol. The first-order valence-electron chi connectivity index (χ1n) is 10.3. The van der Waals surface area contributed by atoms with E-state index in [1.54, 1.807) is 24.3 Å². The van der Waals surface area contributed by atoms with E-state index in [9.17, 15) is 9.90 Å². The Labute approximate surface area is 185 Å². The van der Waals surface area contributed by atoms with Gasteiger partial charge in [-0.1, -0.05) is 23.4 Å². The van der Waals surface area contributed by atoms with Gasteiger partial charge in [0.05, 0.1) is 25.3 Å². The lowest BCUT2D eigenvalue weighted by Crippen LogP contribution is -3.13. The number of piperazine rings is 1. The van der Waals surface area contributed by atoms with Crippen LogP contribution in [0.3, 0.4) is 0 Å². The van der Waals surface area contributed by atoms with Gasteiger partial charge in [-0.2, -0.15) is 0 Å². The molecule has 0 radical (unpaired) electrons. The van der Waals surface area contributed by atoms with E-state index in [-0.39, 0.29) is 24.1 Å². The summed E-state index contributed by atoms with van der Waals surface area (Å²) in [5, 5.41) is 13.2. The highest BCUT2D eigenvalue weighted by Gasteiger charge is 2.32. The molecule has 8 heteroatoms. The third-order valence-electron chi connectivity index (χ3n) is 6.01. The van der Waals surface area contributed by atoms with Gasteiger partial charge in [0, 0.05) is 34.8 Å². The van der Waals surface area contributed by atoms with E-state index in [0.717, 1.165) is 31.7 Å². The van der Waals surface area contributed by atoms with E-state index in [1.807, 2.05) is 0 Å². The Morgan fingerprint density at radius 3 is 2.84 bits per heavy atom. The summed E-state index contributed by atoms with van der Waals surface area (Å²) in [7, 11) is 2.10. The van der Waals surface area contributed by atoms with Crippen LogP contribution in [0.1, 0.15) is 27.0 Å². The SMILES string of the molecule is CN1CC[NH+](Cc2c([O-])ccc3c2OC(=Cc2cc(Cl)cc4c2OCOC4)C3=O)CC1. The van der Waals surface area contributed by atoms with Crippen molar-refractivity contribution in [2.75, 3.05) is 40.0 Å². The number of Topliss-reactive ketones (excluding diaryl/α,β-unsaturated/α-hetero) is 1. The first kappa shape index (κ1) is 20.3. The summed E-state index contributed by atoms with van der Waals surface area (Å²) >= 11 is 6.24. The average molecular weight is 443 g/mol. The predicted octanol–water partition coefficient (Wildman–Crippen LogP) is 1.23. The summed E-state index contributed by atoms with van der Waals surface area (Å²) in [4.78, 5) is 16.6. The number of ether oxygens (including phenoxy) is 3. The molecule has 0 bridgehead atoms. The van der Waals surface area contributed by atoms with Crippen molar-refractivity contribution in [2.24, 2.45) is 0 Å². The topological polar surface area (TPSA) is 75.5 Å². The highest BCUT2D eigenvalue weighted by Crippen LogP contribution is 2.40. The van der Waals surface area contributed by atoms with Gasteiger partial charge in [0.25, 0.3) is 0 Å². The second kappa shape index (κ2) is 8.16. The lowest BCUT2D eigenvalue weighted by atomic mass is 10.0. The Hall–Kier alpha value is -2.58. The van der Waals surface area contributed by atoms with E-state index in [0.29, 0.717) is 46.4 Å². The van der Waals surface area contributed by atoms with Crippen molar-refractivity contribution in [1.82, 2.24) is 4.90 Å². The third-order valence-corrected chi connectivity index (χ3v) is 6.23. The van der Waals surface area contributed by atoms with Crippen LogP contribution in [0.2, 0.25) is 5.02 Å². The number of quaternary nitrogens is 1. The third kappa shape index (κ3) is 3.90. The highest BCUT2D eigenvalue weighted by molar-refractivity contribution is 6.31. The van der Waals surface area contributed by atoms with Crippen LogP contribution in [0.4, 0.5) is 0 Å². The van der Waals surface area contributed by atoms with E-state index in [1.165, 1.54) is 11.0 Å². The molecule has 5 rings (SSSR count). The van der Waals surface area contributed by atoms with Crippen LogP contribution < -0.4 is 19.5 Å². The number of hydrogen-bond donors (Lipinski definition) is 1. The fourth-order valence-corrected chi connectivity index (χ4v) is 4.52. The van der Waals surface area contributed by atoms with Crippen LogP contribution >= 0.6 is 11.6 Å². The lowest BCUT2D eigenvalue weighted by molar-refractivity contribution is -0.918. The zero-order valence-electron chi connectivity index (χ0n) is 17.2. The minimum Gasteiger partial charge on any atom is -0.872 e. The molecule has 2 aromatic rings. The van der Waals surface area contributed by atoms with Crippen LogP contribution in [0.15, 0.2) is 30.0 Å². The van der Waals surface area contributed by atoms with Crippen molar-refractivity contribution < 1.29 is 29.0 Å². The first-order chi connectivity index (χ1) is 15.0. The smallest absolute Gasteiger partial charge is 0.231 e. The van der Waals surface area contributed by atoms with Crippen molar-refractivity contribution in [2.45, 2.75) is 13.2 Å². The minimum absolute atomic E-state index is 0.0974. The highest BCUT2D eigenvalue weighted by atomic mass is 35.5. The standard InChI is InChI=1S/C23H23ClN2O5/c1-25-4-6-26(7-5-25)11-18-19(27)3-2-17-21(28)20(31-23(17)18)10-14-8-16(24)9-15-12-29-13-30-22(14)15/h2-3,8-10,27H,4-7,11-13H2,1H3. The van der Waals surface area contributed by atoms with E-state index in [2.05, 4.69) is 11.9 Å². The fraction of sp³-hybridized carbons (Fsp3) is 0.348. The molecule has 0 aromatic heterocycles. The van der Waals surface area contributed by atoms with Crippen molar-refractivity contribution in [3.05, 3.63) is 57.3 Å². The molecule has 1 N–H and O–H groups in total. The van der Waals surface area contributed by atoms with Crippen molar-refractivity contribution in [3.8, 4) is 17.2 Å². The number of benzene rings is 2. The molecule has 3 aliphatic heterocycles. The Kier molecular flexibility index (Phi) is 5.35. The molecule has 0 atom stereocenters. The number of nitrogens with one attached hydrogen (secondary N) is 1. The van der Waals surface area contributed by atoms with Gasteiger partial charge in [0.15, 0.2) is 12.6 Å². The maximum Gasteiger partial charge on any atom is 0.231 e. The molecule has 0 amide bonds. The van der Waals surface area contributed by atoms with Crippen LogP contribution in [0.5, 0.6) is 17.2 Å². The molecule has 3 heterocycles. The lowest BCUT2D eigenvalue weighted by Gasteiger charge is -2.30. The number of hydrogen-bond acceptors (Lipinski definition) is 6. The zero-order chi connectivity index (χ0) is 21.5. The second-order valence-electron chi connectivity index (χ2n) is 8.18. The summed E-state index contributed by atoms with van der Waals surface area (Å²) < 4.78 is 16.9. The number of ketones is 1. The van der Waals surface area contributed by atoms with Gasteiger partial charge in [0.2, 0.25) is 5.78 Å². The number of nitrogens with zero attached hydrogens (tertiary/aromatic N) is 1. The van der Waals surface area contributed by atoms with Crippen molar-refractivity contribution in [3.63, 3.8) is 0 Å². The van der Waals surface area contributed by atoms with Gasteiger partial charge < -0.3 is 24.2 Å². The van der Waals surface area contributed by atoms with Gasteiger partial charge in [-0.3, -0.25) is 9.69 Å². The molecule has 3 aliphatic rings. The maximum atomic E-state index is 13.0. The Morgan fingerprint density at radius 2 is 2.03 bits per heavy atom. The second-order valence-corrected chi connectivity index (χ2v) is 8.62. The van der Waals surface area contributed by atoms with Crippen molar-refractivity contribution in [1.29, 1.82) is 0 Å². The fourth-order valence-electron chi connectivity index (χ4n) is 4.28. The molecule has 31 heavy (non-hydrogen) atoms. The normalized spacial score (nSPS) is 20.3. The Morgan fingerprint density at radius 1 is 1.23 bits per heavy atom. The summed E-state index contributed by atoms with van der Waals surface area (Å²) in [6.45, 7) is 4.92. The largest absolute Gasteiger partial charge is 0.872 e. The monoisotopic (exact) mass is 442 g/mol. The number of halogens is 1. The molecule has 1 saturated heterocycles. The van der Waals surface area contributed by atoms with E-state index in [4.69, 9.17) is 25.8 Å². The van der Waals surface area contributed by atoms with Crippen LogP contribution in [0, 0.1) is 0 Å². The molecular formula is C23H23ClN2O5. The number of fused-ring (bicyclic) bond motifs is 2. The summed E-state index contributed by atoms with van der Waals surface area (Å²) in [6.07, 6.45) is 1.63. The molecule has 2 aromatic carbocycles. The van der Waals surface area contributed by atoms with Crippen LogP contribution in [-0.2, 0) is 17.9 Å².